The molecule has 1 amide bonds. The molecule has 5 rings (SSSR count). The van der Waals surface area contributed by atoms with Crippen molar-refractivity contribution >= 4 is 44.4 Å². The van der Waals surface area contributed by atoms with Crippen LogP contribution in [0.4, 0.5) is 0 Å². The highest BCUT2D eigenvalue weighted by atomic mass is 16.2. The summed E-state index contributed by atoms with van der Waals surface area (Å²) < 4.78 is 0. The van der Waals surface area contributed by atoms with Crippen LogP contribution >= 0.6 is 0 Å². The Hall–Kier alpha value is -3.97. The number of fused-ring (bicyclic) bond motifs is 4. The zero-order valence-corrected chi connectivity index (χ0v) is 18.6. The normalized spacial score (nSPS) is 11.6. The van der Waals surface area contributed by atoms with Crippen molar-refractivity contribution in [3.05, 3.63) is 77.7 Å². The van der Waals surface area contributed by atoms with E-state index in [1.54, 1.807) is 12.3 Å². The van der Waals surface area contributed by atoms with E-state index in [9.17, 15) is 9.59 Å². The van der Waals surface area contributed by atoms with Gasteiger partial charge < -0.3 is 20.2 Å². The maximum absolute atomic E-state index is 13.7. The molecular weight excluding hydrogens is 414 g/mol. The highest BCUT2D eigenvalue weighted by Crippen LogP contribution is 2.30. The average Bonchev–Trinajstić information content (AvgIpc) is 3.42. The molecule has 0 spiro atoms. The van der Waals surface area contributed by atoms with Gasteiger partial charge in [0.25, 0.3) is 5.91 Å². The van der Waals surface area contributed by atoms with Gasteiger partial charge in [-0.1, -0.05) is 36.4 Å². The van der Waals surface area contributed by atoms with Crippen LogP contribution in [-0.2, 0) is 0 Å². The Balaban J connectivity index is 1.60. The summed E-state index contributed by atoms with van der Waals surface area (Å²) in [7, 11) is 3.99. The van der Waals surface area contributed by atoms with Crippen LogP contribution in [0.25, 0.3) is 32.7 Å². The van der Waals surface area contributed by atoms with Crippen LogP contribution in [0.1, 0.15) is 33.0 Å². The molecule has 0 bridgehead atoms. The lowest BCUT2D eigenvalue weighted by molar-refractivity contribution is 0.0947. The van der Waals surface area contributed by atoms with Crippen LogP contribution in [0.5, 0.6) is 0 Å². The molecule has 3 aromatic heterocycles. The third-order valence-electron chi connectivity index (χ3n) is 5.85. The van der Waals surface area contributed by atoms with Gasteiger partial charge in [0.2, 0.25) is 5.78 Å². The number of aromatic amines is 2. The molecule has 0 aliphatic rings. The Morgan fingerprint density at radius 1 is 0.970 bits per heavy atom. The molecule has 5 aromatic rings. The van der Waals surface area contributed by atoms with Gasteiger partial charge in [-0.3, -0.25) is 9.59 Å². The largest absolute Gasteiger partial charge is 0.360 e. The fourth-order valence-corrected chi connectivity index (χ4v) is 4.20. The summed E-state index contributed by atoms with van der Waals surface area (Å²) in [5.74, 6) is -0.514. The maximum Gasteiger partial charge on any atom is 0.269 e. The van der Waals surface area contributed by atoms with E-state index in [0.717, 1.165) is 40.2 Å². The van der Waals surface area contributed by atoms with Crippen molar-refractivity contribution in [3.63, 3.8) is 0 Å². The highest BCUT2D eigenvalue weighted by Gasteiger charge is 2.23. The van der Waals surface area contributed by atoms with Crippen molar-refractivity contribution in [1.82, 2.24) is 25.2 Å². The third-order valence-corrected chi connectivity index (χ3v) is 5.85. The molecule has 0 aliphatic heterocycles. The van der Waals surface area contributed by atoms with E-state index in [1.807, 2.05) is 62.6 Å². The number of rotatable bonds is 7. The quantitative estimate of drug-likeness (QED) is 0.263. The minimum Gasteiger partial charge on any atom is -0.360 e. The second-order valence-electron chi connectivity index (χ2n) is 8.44. The van der Waals surface area contributed by atoms with E-state index in [-0.39, 0.29) is 23.1 Å². The Morgan fingerprint density at radius 2 is 1.70 bits per heavy atom. The predicted molar refractivity (Wildman–Crippen MR) is 131 cm³/mol. The number of pyridine rings is 1. The SMILES string of the molecule is CN(C)CCCNC(=O)c1cc2c([nH]c3ccccc32)c(C(=O)c2c[nH]c3ccccc23)n1. The van der Waals surface area contributed by atoms with Crippen LogP contribution in [0.2, 0.25) is 0 Å². The summed E-state index contributed by atoms with van der Waals surface area (Å²) in [4.78, 5) is 39.7. The summed E-state index contributed by atoms with van der Waals surface area (Å²) >= 11 is 0. The van der Waals surface area contributed by atoms with Crippen LogP contribution in [-0.4, -0.2) is 58.7 Å². The average molecular weight is 440 g/mol. The number of carbonyl (C=O) groups excluding carboxylic acids is 2. The molecule has 2 aromatic carbocycles. The van der Waals surface area contributed by atoms with Gasteiger partial charge in [-0.2, -0.15) is 0 Å². The first-order valence-corrected chi connectivity index (χ1v) is 11.0. The number of H-pyrrole nitrogens is 2. The van der Waals surface area contributed by atoms with Crippen molar-refractivity contribution in [3.8, 4) is 0 Å². The van der Waals surface area contributed by atoms with Gasteiger partial charge in [-0.15, -0.1) is 0 Å². The lowest BCUT2D eigenvalue weighted by atomic mass is 10.0. The highest BCUT2D eigenvalue weighted by molar-refractivity contribution is 6.23. The second kappa shape index (κ2) is 8.52. The number of nitrogens with zero attached hydrogens (tertiary/aromatic N) is 2. The van der Waals surface area contributed by atoms with Gasteiger partial charge in [-0.25, -0.2) is 4.98 Å². The second-order valence-corrected chi connectivity index (χ2v) is 8.44. The number of hydrogen-bond acceptors (Lipinski definition) is 4. The van der Waals surface area contributed by atoms with Crippen molar-refractivity contribution < 1.29 is 9.59 Å². The minimum atomic E-state index is -0.283. The molecule has 7 nitrogen and oxygen atoms in total. The Bertz CT molecular complexity index is 1490. The van der Waals surface area contributed by atoms with Crippen molar-refractivity contribution in [2.75, 3.05) is 27.2 Å². The number of hydrogen-bond donors (Lipinski definition) is 3. The third kappa shape index (κ3) is 3.87. The molecule has 0 saturated carbocycles. The summed E-state index contributed by atoms with van der Waals surface area (Å²) in [6.45, 7) is 1.41. The van der Waals surface area contributed by atoms with Gasteiger partial charge in [0.05, 0.1) is 5.52 Å². The number of benzene rings is 2. The molecule has 33 heavy (non-hydrogen) atoms. The number of amides is 1. The van der Waals surface area contributed by atoms with Gasteiger partial charge in [0, 0.05) is 45.5 Å². The lowest BCUT2D eigenvalue weighted by Crippen LogP contribution is -2.28. The molecule has 0 saturated heterocycles. The smallest absolute Gasteiger partial charge is 0.269 e. The molecule has 0 radical (unpaired) electrons. The summed E-state index contributed by atoms with van der Waals surface area (Å²) in [5, 5.41) is 5.52. The number of nitrogens with one attached hydrogen (secondary N) is 3. The lowest BCUT2D eigenvalue weighted by Gasteiger charge is -2.10. The van der Waals surface area contributed by atoms with Gasteiger partial charge in [0.1, 0.15) is 11.4 Å². The Labute approximate surface area is 190 Å². The van der Waals surface area contributed by atoms with Crippen molar-refractivity contribution in [2.24, 2.45) is 0 Å². The summed E-state index contributed by atoms with van der Waals surface area (Å²) in [6.07, 6.45) is 2.53. The fraction of sp³-hybridized carbons (Fsp3) is 0.192. The summed E-state index contributed by atoms with van der Waals surface area (Å²) in [6, 6.07) is 17.2. The molecule has 0 aliphatic carbocycles. The molecule has 166 valence electrons. The fourth-order valence-electron chi connectivity index (χ4n) is 4.20. The monoisotopic (exact) mass is 439 g/mol. The number of aromatic nitrogens is 3. The molecular formula is C26H25N5O2. The molecule has 3 heterocycles. The predicted octanol–water partition coefficient (Wildman–Crippen LogP) is 4.11. The number of carbonyl (C=O) groups is 2. The molecule has 0 fully saturated rings. The summed E-state index contributed by atoms with van der Waals surface area (Å²) in [5.41, 5.74) is 3.42. The molecule has 0 atom stereocenters. The molecule has 3 N–H and O–H groups in total. The maximum atomic E-state index is 13.7. The van der Waals surface area contributed by atoms with E-state index in [1.165, 1.54) is 0 Å². The Morgan fingerprint density at radius 3 is 2.48 bits per heavy atom. The van der Waals surface area contributed by atoms with Gasteiger partial charge in [0.15, 0.2) is 0 Å². The Kier molecular flexibility index (Phi) is 5.40. The van der Waals surface area contributed by atoms with Crippen LogP contribution < -0.4 is 5.32 Å². The van der Waals surface area contributed by atoms with E-state index in [2.05, 4.69) is 25.2 Å². The number of ketones is 1. The van der Waals surface area contributed by atoms with E-state index >= 15 is 0 Å². The van der Waals surface area contributed by atoms with Crippen LogP contribution in [0.15, 0.2) is 60.8 Å². The number of para-hydroxylation sites is 2. The topological polar surface area (TPSA) is 93.9 Å². The first-order valence-electron chi connectivity index (χ1n) is 11.0. The van der Waals surface area contributed by atoms with Crippen LogP contribution in [0.3, 0.4) is 0 Å². The zero-order chi connectivity index (χ0) is 22.9. The van der Waals surface area contributed by atoms with E-state index < -0.39 is 0 Å². The molecule has 0 unspecified atom stereocenters. The van der Waals surface area contributed by atoms with Gasteiger partial charge in [-0.05, 0) is 45.3 Å². The van der Waals surface area contributed by atoms with E-state index in [4.69, 9.17) is 0 Å². The van der Waals surface area contributed by atoms with E-state index in [0.29, 0.717) is 17.6 Å². The first kappa shape index (κ1) is 20.9. The van der Waals surface area contributed by atoms with Crippen molar-refractivity contribution in [1.29, 1.82) is 0 Å². The first-order chi connectivity index (χ1) is 16.0. The standard InChI is InChI=1S/C26H25N5O2/c1-31(2)13-7-12-27-26(33)22-14-18-16-8-4-6-11-21(16)29-23(18)24(30-22)25(32)19-15-28-20-10-5-3-9-17(19)20/h3-6,8-11,14-15,28-29H,7,12-13H2,1-2H3,(H,27,33). The van der Waals surface area contributed by atoms with Crippen molar-refractivity contribution in [2.45, 2.75) is 6.42 Å². The molecule has 7 heteroatoms. The minimum absolute atomic E-state index is 0.230. The zero-order valence-electron chi connectivity index (χ0n) is 18.6. The van der Waals surface area contributed by atoms with Gasteiger partial charge >= 0.3 is 0 Å². The van der Waals surface area contributed by atoms with Crippen LogP contribution in [0, 0.1) is 0 Å².